The number of H-pyrrole nitrogens is 1. The molecule has 6 heteroatoms. The standard InChI is InChI=1S/C19H11ClFNO2S/c20-13-5-6-14(21)12-9-17(25-18(12)13)16-8-7-15(22-16)10-1-3-11(4-2-10)19(23)24/h1-9,22H,(H,23,24). The molecule has 0 bridgehead atoms. The molecular weight excluding hydrogens is 361 g/mol. The molecule has 0 radical (unpaired) electrons. The molecule has 0 unspecified atom stereocenters. The van der Waals surface area contributed by atoms with E-state index in [0.29, 0.717) is 10.4 Å². The molecule has 124 valence electrons. The summed E-state index contributed by atoms with van der Waals surface area (Å²) in [4.78, 5) is 15.1. The van der Waals surface area contributed by atoms with Gasteiger partial charge in [-0.25, -0.2) is 9.18 Å². The van der Waals surface area contributed by atoms with Crippen LogP contribution >= 0.6 is 22.9 Å². The van der Waals surface area contributed by atoms with Crippen molar-refractivity contribution in [2.75, 3.05) is 0 Å². The second-order valence-corrected chi connectivity index (χ2v) is 7.01. The number of rotatable bonds is 3. The van der Waals surface area contributed by atoms with Gasteiger partial charge in [0.2, 0.25) is 0 Å². The number of carbonyl (C=O) groups is 1. The van der Waals surface area contributed by atoms with E-state index in [1.807, 2.05) is 12.1 Å². The highest BCUT2D eigenvalue weighted by Gasteiger charge is 2.13. The maximum Gasteiger partial charge on any atom is 0.335 e. The van der Waals surface area contributed by atoms with Crippen LogP contribution in [0.25, 0.3) is 31.9 Å². The lowest BCUT2D eigenvalue weighted by Crippen LogP contribution is -1.94. The zero-order chi connectivity index (χ0) is 17.6. The summed E-state index contributed by atoms with van der Waals surface area (Å²) in [7, 11) is 0. The maximum atomic E-state index is 14.0. The van der Waals surface area contributed by atoms with Crippen molar-refractivity contribution in [1.29, 1.82) is 0 Å². The Morgan fingerprint density at radius 1 is 1.04 bits per heavy atom. The third-order valence-corrected chi connectivity index (χ3v) is 5.61. The minimum atomic E-state index is -0.956. The minimum Gasteiger partial charge on any atom is -0.478 e. The first-order valence-corrected chi connectivity index (χ1v) is 8.63. The first kappa shape index (κ1) is 15.9. The van der Waals surface area contributed by atoms with Gasteiger partial charge in [0.15, 0.2) is 0 Å². The SMILES string of the molecule is O=C(O)c1ccc(-c2ccc(-c3cc4c(F)ccc(Cl)c4s3)[nH]2)cc1. The lowest BCUT2D eigenvalue weighted by Gasteiger charge is -1.99. The predicted molar refractivity (Wildman–Crippen MR) is 99.0 cm³/mol. The zero-order valence-corrected chi connectivity index (χ0v) is 14.3. The smallest absolute Gasteiger partial charge is 0.335 e. The van der Waals surface area contributed by atoms with E-state index in [9.17, 15) is 9.18 Å². The summed E-state index contributed by atoms with van der Waals surface area (Å²) in [6, 6.07) is 15.2. The average Bonchev–Trinajstić information content (AvgIpc) is 3.26. The molecule has 0 saturated carbocycles. The van der Waals surface area contributed by atoms with Crippen molar-refractivity contribution in [3.63, 3.8) is 0 Å². The Morgan fingerprint density at radius 3 is 2.44 bits per heavy atom. The third kappa shape index (κ3) is 2.81. The topological polar surface area (TPSA) is 53.1 Å². The van der Waals surface area contributed by atoms with Crippen LogP contribution in [-0.4, -0.2) is 16.1 Å². The molecule has 2 aromatic heterocycles. The number of aromatic carboxylic acids is 1. The Kier molecular flexibility index (Phi) is 3.82. The van der Waals surface area contributed by atoms with Gasteiger partial charge in [0.05, 0.1) is 25.9 Å². The van der Waals surface area contributed by atoms with E-state index in [1.54, 1.807) is 36.4 Å². The van der Waals surface area contributed by atoms with Gasteiger partial charge in [0.25, 0.3) is 0 Å². The molecule has 0 saturated heterocycles. The van der Waals surface area contributed by atoms with Gasteiger partial charge in [0.1, 0.15) is 5.82 Å². The van der Waals surface area contributed by atoms with E-state index in [2.05, 4.69) is 4.98 Å². The fourth-order valence-corrected chi connectivity index (χ4v) is 4.03. The van der Waals surface area contributed by atoms with Gasteiger partial charge >= 0.3 is 5.97 Å². The molecule has 0 aliphatic heterocycles. The lowest BCUT2D eigenvalue weighted by atomic mass is 10.1. The summed E-state index contributed by atoms with van der Waals surface area (Å²) < 4.78 is 14.7. The Morgan fingerprint density at radius 2 is 1.76 bits per heavy atom. The Hall–Kier alpha value is -2.63. The van der Waals surface area contributed by atoms with Crippen LogP contribution in [0, 0.1) is 5.82 Å². The van der Waals surface area contributed by atoms with E-state index in [0.717, 1.165) is 26.5 Å². The van der Waals surface area contributed by atoms with Crippen molar-refractivity contribution in [2.45, 2.75) is 0 Å². The van der Waals surface area contributed by atoms with Gasteiger partial charge in [-0.1, -0.05) is 23.7 Å². The number of aromatic nitrogens is 1. The summed E-state index contributed by atoms with van der Waals surface area (Å²) in [6.07, 6.45) is 0. The number of carboxylic acids is 1. The molecule has 0 aliphatic carbocycles. The molecule has 4 aromatic rings. The van der Waals surface area contributed by atoms with Crippen molar-refractivity contribution < 1.29 is 14.3 Å². The molecular formula is C19H11ClFNO2S. The molecule has 0 spiro atoms. The first-order chi connectivity index (χ1) is 12.0. The normalized spacial score (nSPS) is 11.1. The van der Waals surface area contributed by atoms with Crippen LogP contribution in [0.15, 0.2) is 54.6 Å². The number of hydrogen-bond donors (Lipinski definition) is 2. The second-order valence-electron chi connectivity index (χ2n) is 5.55. The van der Waals surface area contributed by atoms with Crippen LogP contribution in [0.3, 0.4) is 0 Å². The van der Waals surface area contributed by atoms with Crippen LogP contribution < -0.4 is 0 Å². The van der Waals surface area contributed by atoms with Crippen LogP contribution in [0.1, 0.15) is 10.4 Å². The number of benzene rings is 2. The van der Waals surface area contributed by atoms with Gasteiger partial charge in [-0.15, -0.1) is 11.3 Å². The third-order valence-electron chi connectivity index (χ3n) is 3.98. The van der Waals surface area contributed by atoms with Crippen LogP contribution in [0.2, 0.25) is 5.02 Å². The Bertz CT molecular complexity index is 1060. The van der Waals surface area contributed by atoms with Gasteiger partial charge in [0, 0.05) is 11.1 Å². The van der Waals surface area contributed by atoms with Gasteiger partial charge in [-0.2, -0.15) is 0 Å². The highest BCUT2D eigenvalue weighted by molar-refractivity contribution is 7.22. The van der Waals surface area contributed by atoms with Crippen molar-refractivity contribution >= 4 is 39.0 Å². The van der Waals surface area contributed by atoms with Crippen molar-refractivity contribution in [3.8, 4) is 21.8 Å². The monoisotopic (exact) mass is 371 g/mol. The lowest BCUT2D eigenvalue weighted by molar-refractivity contribution is 0.0697. The largest absolute Gasteiger partial charge is 0.478 e. The number of hydrogen-bond acceptors (Lipinski definition) is 2. The number of fused-ring (bicyclic) bond motifs is 1. The summed E-state index contributed by atoms with van der Waals surface area (Å²) in [6.45, 7) is 0. The highest BCUT2D eigenvalue weighted by atomic mass is 35.5. The van der Waals surface area contributed by atoms with E-state index in [1.165, 1.54) is 17.4 Å². The number of thiophene rings is 1. The van der Waals surface area contributed by atoms with Gasteiger partial charge in [-0.3, -0.25) is 0 Å². The van der Waals surface area contributed by atoms with Gasteiger partial charge in [-0.05, 0) is 48.0 Å². The summed E-state index contributed by atoms with van der Waals surface area (Å²) in [5, 5.41) is 10.0. The molecule has 0 atom stereocenters. The first-order valence-electron chi connectivity index (χ1n) is 7.43. The zero-order valence-electron chi connectivity index (χ0n) is 12.7. The Balaban J connectivity index is 1.73. The van der Waals surface area contributed by atoms with E-state index in [4.69, 9.17) is 16.7 Å². The quantitative estimate of drug-likeness (QED) is 0.460. The molecule has 2 heterocycles. The summed E-state index contributed by atoms with van der Waals surface area (Å²) in [5.74, 6) is -1.25. The fraction of sp³-hybridized carbons (Fsp3) is 0. The molecule has 4 rings (SSSR count). The van der Waals surface area contributed by atoms with E-state index in [-0.39, 0.29) is 11.4 Å². The van der Waals surface area contributed by atoms with Crippen molar-refractivity contribution in [3.05, 3.63) is 71.0 Å². The highest BCUT2D eigenvalue weighted by Crippen LogP contribution is 2.38. The average molecular weight is 372 g/mol. The van der Waals surface area contributed by atoms with Crippen LogP contribution in [0.4, 0.5) is 4.39 Å². The van der Waals surface area contributed by atoms with E-state index >= 15 is 0 Å². The van der Waals surface area contributed by atoms with E-state index < -0.39 is 5.97 Å². The minimum absolute atomic E-state index is 0.241. The second kappa shape index (κ2) is 6.02. The maximum absolute atomic E-state index is 14.0. The summed E-state index contributed by atoms with van der Waals surface area (Å²) in [5.41, 5.74) is 2.83. The van der Waals surface area contributed by atoms with Crippen molar-refractivity contribution in [2.24, 2.45) is 0 Å². The number of aromatic amines is 1. The summed E-state index contributed by atoms with van der Waals surface area (Å²) >= 11 is 7.58. The molecule has 0 amide bonds. The molecule has 2 N–H and O–H groups in total. The fourth-order valence-electron chi connectivity index (χ4n) is 2.69. The molecule has 25 heavy (non-hydrogen) atoms. The van der Waals surface area contributed by atoms with Gasteiger partial charge < -0.3 is 10.1 Å². The molecule has 0 aliphatic rings. The predicted octanol–water partition coefficient (Wildman–Crippen LogP) is 6.05. The number of halogens is 2. The Labute approximate surface area is 151 Å². The number of carboxylic acid groups (broad SMARTS) is 1. The van der Waals surface area contributed by atoms with Crippen LogP contribution in [-0.2, 0) is 0 Å². The molecule has 3 nitrogen and oxygen atoms in total. The molecule has 2 aromatic carbocycles. The van der Waals surface area contributed by atoms with Crippen LogP contribution in [0.5, 0.6) is 0 Å². The molecule has 0 fully saturated rings. The number of nitrogens with one attached hydrogen (secondary N) is 1. The van der Waals surface area contributed by atoms with Crippen molar-refractivity contribution in [1.82, 2.24) is 4.98 Å².